The summed E-state index contributed by atoms with van der Waals surface area (Å²) in [7, 11) is 4.37. The molecule has 2 rings (SSSR count). The molecule has 66 valence electrons. The molecule has 0 aliphatic heterocycles. The van der Waals surface area contributed by atoms with Gasteiger partial charge in [-0.3, -0.25) is 0 Å². The third-order valence-corrected chi connectivity index (χ3v) is 3.61. The lowest BCUT2D eigenvalue weighted by molar-refractivity contribution is 0.268. The average Bonchev–Trinajstić information content (AvgIpc) is 2.49. The summed E-state index contributed by atoms with van der Waals surface area (Å²) in [4.78, 5) is 2.35. The van der Waals surface area contributed by atoms with Crippen LogP contribution in [-0.2, 0) is 12.8 Å². The maximum Gasteiger partial charge on any atom is 0.0133 e. The zero-order chi connectivity index (χ0) is 8.55. The van der Waals surface area contributed by atoms with E-state index in [2.05, 4.69) is 29.8 Å². The van der Waals surface area contributed by atoms with E-state index >= 15 is 0 Å². The molecule has 1 aliphatic carbocycles. The van der Waals surface area contributed by atoms with Crippen LogP contribution in [0, 0.1) is 0 Å². The van der Waals surface area contributed by atoms with Gasteiger partial charge in [-0.05, 0) is 55.2 Å². The van der Waals surface area contributed by atoms with E-state index in [0.717, 1.165) is 6.04 Å². The van der Waals surface area contributed by atoms with E-state index in [4.69, 9.17) is 0 Å². The van der Waals surface area contributed by atoms with Crippen LogP contribution >= 0.6 is 11.3 Å². The minimum Gasteiger partial charge on any atom is -0.306 e. The molecule has 0 fully saturated rings. The Morgan fingerprint density at radius 1 is 1.33 bits per heavy atom. The second kappa shape index (κ2) is 3.19. The van der Waals surface area contributed by atoms with Crippen LogP contribution in [-0.4, -0.2) is 25.0 Å². The van der Waals surface area contributed by atoms with Gasteiger partial charge in [-0.15, -0.1) is 0 Å². The Morgan fingerprint density at radius 3 is 2.83 bits per heavy atom. The van der Waals surface area contributed by atoms with Crippen LogP contribution in [0.3, 0.4) is 0 Å². The Hall–Kier alpha value is -0.340. The Morgan fingerprint density at radius 2 is 2.08 bits per heavy atom. The number of likely N-dealkylation sites (N-methyl/N-ethyl adjacent to an activating group) is 1. The average molecular weight is 181 g/mol. The smallest absolute Gasteiger partial charge is 0.0133 e. The first-order valence-electron chi connectivity index (χ1n) is 4.47. The molecule has 0 radical (unpaired) electrons. The number of fused-ring (bicyclic) bond motifs is 1. The lowest BCUT2D eigenvalue weighted by Crippen LogP contribution is -2.32. The molecule has 0 spiro atoms. The first-order chi connectivity index (χ1) is 5.77. The van der Waals surface area contributed by atoms with Gasteiger partial charge in [0.1, 0.15) is 0 Å². The minimum absolute atomic E-state index is 0.770. The highest BCUT2D eigenvalue weighted by atomic mass is 32.1. The van der Waals surface area contributed by atoms with Gasteiger partial charge in [0.15, 0.2) is 0 Å². The van der Waals surface area contributed by atoms with Crippen molar-refractivity contribution in [1.82, 2.24) is 4.90 Å². The van der Waals surface area contributed by atoms with Gasteiger partial charge >= 0.3 is 0 Å². The zero-order valence-electron chi connectivity index (χ0n) is 7.71. The Labute approximate surface area is 78.0 Å². The van der Waals surface area contributed by atoms with Gasteiger partial charge in [0, 0.05) is 6.04 Å². The third kappa shape index (κ3) is 1.41. The summed E-state index contributed by atoms with van der Waals surface area (Å²) in [5.74, 6) is 0. The fraction of sp³-hybridized carbons (Fsp3) is 0.600. The van der Waals surface area contributed by atoms with E-state index in [1.165, 1.54) is 19.3 Å². The van der Waals surface area contributed by atoms with Crippen molar-refractivity contribution in [3.05, 3.63) is 21.9 Å². The molecule has 0 saturated heterocycles. The summed E-state index contributed by atoms with van der Waals surface area (Å²) in [5, 5.41) is 4.62. The summed E-state index contributed by atoms with van der Waals surface area (Å²) >= 11 is 1.85. The van der Waals surface area contributed by atoms with Crippen molar-refractivity contribution in [1.29, 1.82) is 0 Å². The van der Waals surface area contributed by atoms with Crippen LogP contribution in [0.15, 0.2) is 10.8 Å². The zero-order valence-corrected chi connectivity index (χ0v) is 8.53. The summed E-state index contributed by atoms with van der Waals surface area (Å²) in [6.45, 7) is 0. The van der Waals surface area contributed by atoms with Crippen molar-refractivity contribution in [3.63, 3.8) is 0 Å². The quantitative estimate of drug-likeness (QED) is 0.642. The maximum absolute atomic E-state index is 2.35. The van der Waals surface area contributed by atoms with E-state index in [1.54, 1.807) is 11.1 Å². The predicted octanol–water partition coefficient (Wildman–Crippen LogP) is 2.17. The molecule has 12 heavy (non-hydrogen) atoms. The second-order valence-corrected chi connectivity index (χ2v) is 4.53. The fourth-order valence-corrected chi connectivity index (χ4v) is 2.78. The largest absolute Gasteiger partial charge is 0.306 e. The van der Waals surface area contributed by atoms with E-state index in [9.17, 15) is 0 Å². The third-order valence-electron chi connectivity index (χ3n) is 2.77. The van der Waals surface area contributed by atoms with Gasteiger partial charge in [-0.1, -0.05) is 0 Å². The first kappa shape index (κ1) is 8.27. The van der Waals surface area contributed by atoms with Crippen LogP contribution in [0.25, 0.3) is 0 Å². The SMILES string of the molecule is CN(C)C1CCc2cscc2C1. The highest BCUT2D eigenvalue weighted by molar-refractivity contribution is 7.08. The summed E-state index contributed by atoms with van der Waals surface area (Å²) in [6, 6.07) is 0.770. The molecule has 1 aromatic heterocycles. The van der Waals surface area contributed by atoms with Gasteiger partial charge in [-0.25, -0.2) is 0 Å². The summed E-state index contributed by atoms with van der Waals surface area (Å²) in [6.07, 6.45) is 3.87. The van der Waals surface area contributed by atoms with Crippen molar-refractivity contribution in [3.8, 4) is 0 Å². The number of hydrogen-bond donors (Lipinski definition) is 0. The number of thiophene rings is 1. The van der Waals surface area contributed by atoms with Crippen LogP contribution in [0.4, 0.5) is 0 Å². The fourth-order valence-electron chi connectivity index (χ4n) is 1.87. The molecule has 1 aromatic rings. The Kier molecular flexibility index (Phi) is 2.20. The monoisotopic (exact) mass is 181 g/mol. The molecule has 0 bridgehead atoms. The highest BCUT2D eigenvalue weighted by Crippen LogP contribution is 2.26. The van der Waals surface area contributed by atoms with Crippen LogP contribution in [0.5, 0.6) is 0 Å². The van der Waals surface area contributed by atoms with E-state index < -0.39 is 0 Å². The second-order valence-electron chi connectivity index (χ2n) is 3.78. The van der Waals surface area contributed by atoms with Gasteiger partial charge < -0.3 is 4.90 Å². The van der Waals surface area contributed by atoms with Crippen molar-refractivity contribution in [2.24, 2.45) is 0 Å². The first-order valence-corrected chi connectivity index (χ1v) is 5.42. The van der Waals surface area contributed by atoms with Gasteiger partial charge in [0.05, 0.1) is 0 Å². The number of aryl methyl sites for hydroxylation is 1. The molecular formula is C10H15NS. The molecule has 0 aromatic carbocycles. The molecule has 1 aliphatic rings. The summed E-state index contributed by atoms with van der Waals surface area (Å²) < 4.78 is 0. The van der Waals surface area contributed by atoms with E-state index in [-0.39, 0.29) is 0 Å². The molecule has 2 heteroatoms. The molecule has 1 heterocycles. The molecule has 0 amide bonds. The topological polar surface area (TPSA) is 3.24 Å². The van der Waals surface area contributed by atoms with Gasteiger partial charge in [0.2, 0.25) is 0 Å². The van der Waals surface area contributed by atoms with E-state index in [0.29, 0.717) is 0 Å². The summed E-state index contributed by atoms with van der Waals surface area (Å²) in [5.41, 5.74) is 3.18. The van der Waals surface area contributed by atoms with Crippen molar-refractivity contribution < 1.29 is 0 Å². The van der Waals surface area contributed by atoms with Crippen molar-refractivity contribution in [2.45, 2.75) is 25.3 Å². The number of rotatable bonds is 1. The van der Waals surface area contributed by atoms with E-state index in [1.807, 2.05) is 11.3 Å². The molecule has 1 unspecified atom stereocenters. The van der Waals surface area contributed by atoms with Crippen LogP contribution in [0.1, 0.15) is 17.5 Å². The standard InChI is InChI=1S/C10H15NS/c1-11(2)10-4-3-8-6-12-7-9(8)5-10/h6-7,10H,3-5H2,1-2H3. The molecule has 0 saturated carbocycles. The molecule has 1 nitrogen and oxygen atoms in total. The van der Waals surface area contributed by atoms with Crippen LogP contribution in [0.2, 0.25) is 0 Å². The highest BCUT2D eigenvalue weighted by Gasteiger charge is 2.20. The lowest BCUT2D eigenvalue weighted by atomic mass is 9.91. The molecule has 0 N–H and O–H groups in total. The minimum atomic E-state index is 0.770. The normalized spacial score (nSPS) is 22.8. The van der Waals surface area contributed by atoms with Gasteiger partial charge in [0.25, 0.3) is 0 Å². The number of hydrogen-bond acceptors (Lipinski definition) is 2. The maximum atomic E-state index is 2.35. The Bertz CT molecular complexity index is 265. The van der Waals surface area contributed by atoms with Crippen molar-refractivity contribution >= 4 is 11.3 Å². The van der Waals surface area contributed by atoms with Gasteiger partial charge in [-0.2, -0.15) is 11.3 Å². The van der Waals surface area contributed by atoms with Crippen LogP contribution < -0.4 is 0 Å². The Balaban J connectivity index is 2.15. The lowest BCUT2D eigenvalue weighted by Gasteiger charge is -2.28. The number of nitrogens with zero attached hydrogens (tertiary/aromatic N) is 1. The molecule has 1 atom stereocenters. The molecular weight excluding hydrogens is 166 g/mol. The predicted molar refractivity (Wildman–Crippen MR) is 53.8 cm³/mol. The van der Waals surface area contributed by atoms with Crippen molar-refractivity contribution in [2.75, 3.05) is 14.1 Å².